The number of aromatic hydroxyl groups is 2. The number of fused-ring (bicyclic) bond motifs is 2. The number of azo groups is 2. The normalized spacial score (nSPS) is 12.5. The topological polar surface area (TPSA) is 199 Å². The van der Waals surface area contributed by atoms with E-state index in [1.807, 2.05) is 38.1 Å². The average Bonchev–Trinajstić information content (AvgIpc) is 3.10. The van der Waals surface area contributed by atoms with Crippen molar-refractivity contribution in [3.63, 3.8) is 0 Å². The third-order valence-electron chi connectivity index (χ3n) is 8.25. The Hall–Kier alpha value is -5.54. The first-order chi connectivity index (χ1) is 23.8. The fourth-order valence-corrected chi connectivity index (χ4v) is 7.26. The van der Waals surface area contributed by atoms with Gasteiger partial charge in [-0.15, -0.1) is 10.2 Å². The van der Waals surface area contributed by atoms with Crippen LogP contribution in [-0.2, 0) is 33.1 Å². The third-order valence-corrected chi connectivity index (χ3v) is 10.0. The van der Waals surface area contributed by atoms with E-state index in [9.17, 15) is 36.2 Å². The SMILES string of the molecule is CCc1cc(N=Nc2cc(S(=O)(=O)O)c3ccccc3c2O)ccc1-c1ccc(N=Nc2cc(S(=O)(=O)O)c3ccccc3c2O)cc1CC. The summed E-state index contributed by atoms with van der Waals surface area (Å²) in [6.45, 7) is 3.97. The van der Waals surface area contributed by atoms with Crippen LogP contribution in [0.3, 0.4) is 0 Å². The second-order valence-electron chi connectivity index (χ2n) is 11.3. The zero-order valence-corrected chi connectivity index (χ0v) is 28.3. The molecule has 4 N–H and O–H groups in total. The molecule has 0 amide bonds. The Morgan fingerprint density at radius 3 is 1.20 bits per heavy atom. The zero-order valence-electron chi connectivity index (χ0n) is 26.7. The van der Waals surface area contributed by atoms with Crippen molar-refractivity contribution in [1.29, 1.82) is 0 Å². The second kappa shape index (κ2) is 13.4. The number of rotatable bonds is 9. The van der Waals surface area contributed by atoms with Crippen LogP contribution in [0.5, 0.6) is 11.5 Å². The molecule has 0 aliphatic heterocycles. The van der Waals surface area contributed by atoms with E-state index in [2.05, 4.69) is 20.5 Å². The van der Waals surface area contributed by atoms with E-state index < -0.39 is 30.0 Å². The molecule has 0 bridgehead atoms. The summed E-state index contributed by atoms with van der Waals surface area (Å²) in [5, 5.41) is 39.1. The van der Waals surface area contributed by atoms with Gasteiger partial charge in [0.05, 0.1) is 11.4 Å². The first kappa shape index (κ1) is 34.3. The maximum Gasteiger partial charge on any atom is 0.295 e. The van der Waals surface area contributed by atoms with Crippen LogP contribution < -0.4 is 0 Å². The lowest BCUT2D eigenvalue weighted by molar-refractivity contribution is 0.477. The number of phenols is 2. The molecular weight excluding hydrogens is 681 g/mol. The fraction of sp³-hybridized carbons (Fsp3) is 0.111. The minimum Gasteiger partial charge on any atom is -0.505 e. The monoisotopic (exact) mass is 710 g/mol. The summed E-state index contributed by atoms with van der Waals surface area (Å²) in [7, 11) is -9.22. The highest BCUT2D eigenvalue weighted by atomic mass is 32.2. The highest BCUT2D eigenvalue weighted by Gasteiger charge is 2.21. The van der Waals surface area contributed by atoms with Crippen LogP contribution in [0.4, 0.5) is 22.7 Å². The molecule has 6 rings (SSSR count). The molecule has 0 aliphatic carbocycles. The smallest absolute Gasteiger partial charge is 0.295 e. The molecule has 0 unspecified atom stereocenters. The van der Waals surface area contributed by atoms with Crippen LogP contribution in [-0.4, -0.2) is 36.2 Å². The molecule has 6 aromatic carbocycles. The lowest BCUT2D eigenvalue weighted by Gasteiger charge is -2.14. The van der Waals surface area contributed by atoms with Crippen molar-refractivity contribution in [2.45, 2.75) is 36.5 Å². The van der Waals surface area contributed by atoms with Gasteiger partial charge in [0.15, 0.2) is 11.5 Å². The summed E-state index contributed by atoms with van der Waals surface area (Å²) in [4.78, 5) is -0.784. The van der Waals surface area contributed by atoms with Crippen molar-refractivity contribution in [2.24, 2.45) is 20.5 Å². The second-order valence-corrected chi connectivity index (χ2v) is 14.1. The number of hydrogen-bond donors (Lipinski definition) is 4. The highest BCUT2D eigenvalue weighted by molar-refractivity contribution is 7.86. The Balaban J connectivity index is 1.33. The maximum absolute atomic E-state index is 12.1. The highest BCUT2D eigenvalue weighted by Crippen LogP contribution is 2.42. The largest absolute Gasteiger partial charge is 0.505 e. The number of phenolic OH excluding ortho intramolecular Hbond substituents is 2. The van der Waals surface area contributed by atoms with Gasteiger partial charge in [-0.05, 0) is 71.5 Å². The van der Waals surface area contributed by atoms with Crippen LogP contribution >= 0.6 is 0 Å². The summed E-state index contributed by atoms with van der Waals surface area (Å²) < 4.78 is 67.9. The number of aryl methyl sites for hydroxylation is 2. The first-order valence-corrected chi connectivity index (χ1v) is 18.2. The molecule has 0 fully saturated rings. The lowest BCUT2D eigenvalue weighted by atomic mass is 9.92. The summed E-state index contributed by atoms with van der Waals surface area (Å²) in [5.74, 6) is -0.549. The average molecular weight is 711 g/mol. The molecule has 50 heavy (non-hydrogen) atoms. The van der Waals surface area contributed by atoms with E-state index in [0.29, 0.717) is 24.2 Å². The van der Waals surface area contributed by atoms with Crippen molar-refractivity contribution >= 4 is 64.5 Å². The third kappa shape index (κ3) is 6.69. The van der Waals surface area contributed by atoms with E-state index in [1.165, 1.54) is 24.3 Å². The van der Waals surface area contributed by atoms with E-state index >= 15 is 0 Å². The Morgan fingerprint density at radius 1 is 0.500 bits per heavy atom. The van der Waals surface area contributed by atoms with E-state index in [1.54, 1.807) is 36.4 Å². The quantitative estimate of drug-likeness (QED) is 0.0839. The molecule has 0 aromatic heterocycles. The van der Waals surface area contributed by atoms with E-state index in [4.69, 9.17) is 0 Å². The summed E-state index contributed by atoms with van der Waals surface area (Å²) in [6, 6.07) is 25.5. The Labute approximate surface area is 287 Å². The molecule has 0 aliphatic rings. The van der Waals surface area contributed by atoms with E-state index in [0.717, 1.165) is 34.4 Å². The summed E-state index contributed by atoms with van der Waals surface area (Å²) in [5.41, 5.74) is 4.39. The van der Waals surface area contributed by atoms with Gasteiger partial charge in [0.1, 0.15) is 21.2 Å². The molecule has 0 radical (unpaired) electrons. The van der Waals surface area contributed by atoms with Gasteiger partial charge in [-0.1, -0.05) is 74.5 Å². The van der Waals surface area contributed by atoms with Crippen molar-refractivity contribution < 1.29 is 36.2 Å². The van der Waals surface area contributed by atoms with Gasteiger partial charge in [-0.3, -0.25) is 9.11 Å². The van der Waals surface area contributed by atoms with Crippen LogP contribution in [0.25, 0.3) is 32.7 Å². The van der Waals surface area contributed by atoms with Crippen molar-refractivity contribution in [1.82, 2.24) is 0 Å². The van der Waals surface area contributed by atoms with Crippen LogP contribution in [0.15, 0.2) is 127 Å². The summed E-state index contributed by atoms with van der Waals surface area (Å²) in [6.07, 6.45) is 1.27. The minimum absolute atomic E-state index is 0.123. The number of nitrogens with zero attached hydrogens (tertiary/aromatic N) is 4. The van der Waals surface area contributed by atoms with Crippen LogP contribution in [0.1, 0.15) is 25.0 Å². The standard InChI is InChI=1S/C36H30N4O8S2/c1-3-21-17-23(37-39-31-19-33(49(43,44)45)27-9-5-7-11-29(27)35(31)41)13-15-25(21)26-16-14-24(18-22(26)4-2)38-40-32-20-34(50(46,47)48)28-10-6-8-12-30(28)36(32)42/h5-20,41-42H,3-4H2,1-2H3,(H,43,44,45)(H,46,47,48). The maximum atomic E-state index is 12.1. The van der Waals surface area contributed by atoms with Gasteiger partial charge in [-0.25, -0.2) is 0 Å². The van der Waals surface area contributed by atoms with Gasteiger partial charge in [0, 0.05) is 21.5 Å². The molecule has 0 spiro atoms. The van der Waals surface area contributed by atoms with Crippen molar-refractivity contribution in [3.05, 3.63) is 108 Å². The molecule has 0 saturated heterocycles. The first-order valence-electron chi connectivity index (χ1n) is 15.3. The Bertz CT molecular complexity index is 2420. The lowest BCUT2D eigenvalue weighted by Crippen LogP contribution is -1.99. The predicted molar refractivity (Wildman–Crippen MR) is 190 cm³/mol. The van der Waals surface area contributed by atoms with Gasteiger partial charge < -0.3 is 10.2 Å². The summed E-state index contributed by atoms with van der Waals surface area (Å²) >= 11 is 0. The van der Waals surface area contributed by atoms with E-state index in [-0.39, 0.29) is 44.4 Å². The van der Waals surface area contributed by atoms with Gasteiger partial charge in [-0.2, -0.15) is 27.1 Å². The molecule has 6 aromatic rings. The van der Waals surface area contributed by atoms with Crippen molar-refractivity contribution in [3.8, 4) is 22.6 Å². The van der Waals surface area contributed by atoms with Gasteiger partial charge >= 0.3 is 0 Å². The minimum atomic E-state index is -4.61. The molecule has 254 valence electrons. The molecule has 14 heteroatoms. The Morgan fingerprint density at radius 2 is 0.860 bits per heavy atom. The molecule has 0 heterocycles. The van der Waals surface area contributed by atoms with Crippen molar-refractivity contribution in [2.75, 3.05) is 0 Å². The number of benzene rings is 6. The fourth-order valence-electron chi connectivity index (χ4n) is 5.82. The molecule has 0 saturated carbocycles. The Kier molecular flexibility index (Phi) is 9.20. The molecular formula is C36H30N4O8S2. The van der Waals surface area contributed by atoms with Gasteiger partial charge in [0.2, 0.25) is 0 Å². The van der Waals surface area contributed by atoms with Crippen LogP contribution in [0.2, 0.25) is 0 Å². The molecule has 0 atom stereocenters. The zero-order chi connectivity index (χ0) is 35.8. The van der Waals surface area contributed by atoms with Crippen LogP contribution in [0, 0.1) is 0 Å². The number of hydrogen-bond acceptors (Lipinski definition) is 10. The predicted octanol–water partition coefficient (Wildman–Crippen LogP) is 9.52. The van der Waals surface area contributed by atoms with Gasteiger partial charge in [0.25, 0.3) is 20.2 Å². The molecule has 12 nitrogen and oxygen atoms in total.